The standard InChI is InChI=1S/C15H12.2C4H4F6O.C3H9O3P.O.W/c1-2-15(13-9-5-3-6-10-13)14-11-7-4-8-12-14;2*1-2(11,3(5,6)7)4(8,9)10;1-4-7(5-2)6-3;;/h1-12H;2*11H,1H3;1-3H3;;. The van der Waals surface area contributed by atoms with Gasteiger partial charge in [0, 0.05) is 21.3 Å². The van der Waals surface area contributed by atoms with Gasteiger partial charge in [0.05, 0.1) is 0 Å². The monoisotopic (exact) mass is 880 g/mol. The molecule has 0 heterocycles. The number of aliphatic hydroxyl groups is 2. The summed E-state index contributed by atoms with van der Waals surface area (Å²) in [5, 5.41) is 15.9. The molecule has 0 aliphatic heterocycles. The number of alkyl halides is 12. The van der Waals surface area contributed by atoms with Crippen LogP contribution in [0.15, 0.2) is 66.7 Å². The molecule has 0 atom stereocenters. The van der Waals surface area contributed by atoms with Crippen LogP contribution in [-0.2, 0) is 35.0 Å². The van der Waals surface area contributed by atoms with Gasteiger partial charge in [0.15, 0.2) is 0 Å². The molecule has 0 spiro atoms. The van der Waals surface area contributed by atoms with E-state index in [0.29, 0.717) is 0 Å². The van der Waals surface area contributed by atoms with E-state index in [1.54, 1.807) is 21.3 Å². The zero-order chi connectivity index (χ0) is 36.6. The van der Waals surface area contributed by atoms with Gasteiger partial charge in [-0.05, 0) is 13.8 Å². The van der Waals surface area contributed by atoms with E-state index >= 15 is 0 Å². The van der Waals surface area contributed by atoms with Crippen molar-refractivity contribution < 1.29 is 97.9 Å². The molecule has 0 amide bonds. The van der Waals surface area contributed by atoms with Gasteiger partial charge in [-0.2, -0.15) is 52.7 Å². The van der Waals surface area contributed by atoms with Crippen molar-refractivity contribution in [2.75, 3.05) is 21.3 Å². The number of halogens is 12. The fraction of sp³-hybridized carbons (Fsp3) is 0.423. The number of hydrogen-bond donors (Lipinski definition) is 2. The van der Waals surface area contributed by atoms with Gasteiger partial charge in [-0.1, -0.05) is 0 Å². The van der Waals surface area contributed by atoms with Crippen molar-refractivity contribution in [1.29, 1.82) is 0 Å². The van der Waals surface area contributed by atoms with E-state index in [1.807, 2.05) is 46.9 Å². The molecule has 2 aromatic rings. The molecule has 0 saturated heterocycles. The Hall–Kier alpha value is -2.07. The third kappa shape index (κ3) is 15.2. The molecule has 46 heavy (non-hydrogen) atoms. The molecule has 2 rings (SSSR count). The van der Waals surface area contributed by atoms with Crippen LogP contribution in [0.1, 0.15) is 25.0 Å². The van der Waals surface area contributed by atoms with E-state index in [-0.39, 0.29) is 13.8 Å². The molecule has 0 aliphatic carbocycles. The van der Waals surface area contributed by atoms with E-state index in [9.17, 15) is 56.1 Å². The van der Waals surface area contributed by atoms with Crippen molar-refractivity contribution in [3.05, 3.63) is 77.9 Å². The summed E-state index contributed by atoms with van der Waals surface area (Å²) in [5.74, 6) is 0. The summed E-state index contributed by atoms with van der Waals surface area (Å²) in [5.41, 5.74) is -5.81. The molecule has 20 heteroatoms. The minimum absolute atomic E-state index is 0.340. The molecule has 0 unspecified atom stereocenters. The van der Waals surface area contributed by atoms with Gasteiger partial charge >= 0.3 is 143 Å². The fourth-order valence-corrected chi connectivity index (χ4v) is 3.37. The molecule has 0 aromatic heterocycles. The van der Waals surface area contributed by atoms with E-state index in [2.05, 4.69) is 37.8 Å². The summed E-state index contributed by atoms with van der Waals surface area (Å²) < 4.78 is 163. The van der Waals surface area contributed by atoms with Crippen LogP contribution in [0.4, 0.5) is 52.7 Å². The van der Waals surface area contributed by atoms with Crippen molar-refractivity contribution >= 4 is 18.6 Å². The van der Waals surface area contributed by atoms with Crippen LogP contribution in [-0.4, -0.2) is 71.9 Å². The summed E-state index contributed by atoms with van der Waals surface area (Å²) >= 11 is -1.51. The van der Waals surface area contributed by atoms with Crippen LogP contribution in [0.25, 0.3) is 5.57 Å². The third-order valence-electron chi connectivity index (χ3n) is 5.11. The molecule has 264 valence electrons. The molecule has 0 aliphatic rings. The SMILES string of the molecule is CC(O)(C(F)(F)F)C(F)(F)F.CC(O)(C(F)(F)F)C(F)(F)F.COP(OC)OC.[O]=[W]=[CH]C=C(c1ccccc1)c1ccccc1. The second kappa shape index (κ2) is 19.7. The van der Waals surface area contributed by atoms with E-state index in [1.165, 1.54) is 0 Å². The van der Waals surface area contributed by atoms with Crippen LogP contribution >= 0.6 is 8.60 Å². The van der Waals surface area contributed by atoms with Gasteiger partial charge < -0.3 is 23.8 Å². The number of benzene rings is 2. The Morgan fingerprint density at radius 2 is 0.870 bits per heavy atom. The Bertz CT molecular complexity index is 1090. The Labute approximate surface area is 265 Å². The average molecular weight is 880 g/mol. The molecule has 0 saturated carbocycles. The van der Waals surface area contributed by atoms with Gasteiger partial charge in [-0.15, -0.1) is 0 Å². The van der Waals surface area contributed by atoms with E-state index < -0.39 is 62.6 Å². The van der Waals surface area contributed by atoms with Gasteiger partial charge in [-0.25, -0.2) is 0 Å². The van der Waals surface area contributed by atoms with Gasteiger partial charge in [-0.3, -0.25) is 0 Å². The first-order chi connectivity index (χ1) is 20.8. The van der Waals surface area contributed by atoms with Gasteiger partial charge in [0.25, 0.3) is 11.2 Å². The molecule has 6 nitrogen and oxygen atoms in total. The quantitative estimate of drug-likeness (QED) is 0.225. The first-order valence-corrected chi connectivity index (χ1v) is 15.8. The maximum absolute atomic E-state index is 11.4. The molecular weight excluding hydrogens is 851 g/mol. The minimum atomic E-state index is -5.69. The van der Waals surface area contributed by atoms with Gasteiger partial charge in [0.2, 0.25) is 0 Å². The van der Waals surface area contributed by atoms with Crippen molar-refractivity contribution in [1.82, 2.24) is 0 Å². The number of allylic oxidation sites excluding steroid dienone is 1. The van der Waals surface area contributed by atoms with E-state index in [0.717, 1.165) is 16.7 Å². The third-order valence-corrected chi connectivity index (χ3v) is 6.90. The molecule has 0 fully saturated rings. The predicted molar refractivity (Wildman–Crippen MR) is 140 cm³/mol. The van der Waals surface area contributed by atoms with Crippen LogP contribution in [0.2, 0.25) is 0 Å². The first kappa shape index (κ1) is 46.0. The molecule has 2 aromatic carbocycles. The van der Waals surface area contributed by atoms with Crippen molar-refractivity contribution in [3.63, 3.8) is 0 Å². The Morgan fingerprint density at radius 3 is 1.02 bits per heavy atom. The van der Waals surface area contributed by atoms with Crippen LogP contribution < -0.4 is 0 Å². The fourth-order valence-electron chi connectivity index (χ4n) is 2.24. The summed E-state index contributed by atoms with van der Waals surface area (Å²) in [7, 11) is 3.57. The first-order valence-electron chi connectivity index (χ1n) is 11.8. The van der Waals surface area contributed by atoms with Crippen molar-refractivity contribution in [2.45, 2.75) is 49.8 Å². The van der Waals surface area contributed by atoms with Gasteiger partial charge in [0.1, 0.15) is 0 Å². The Morgan fingerprint density at radius 1 is 0.609 bits per heavy atom. The molecule has 2 N–H and O–H groups in total. The zero-order valence-electron chi connectivity index (χ0n) is 24.3. The maximum atomic E-state index is 11.4. The zero-order valence-corrected chi connectivity index (χ0v) is 28.2. The average Bonchev–Trinajstić information content (AvgIpc) is 2.94. The summed E-state index contributed by atoms with van der Waals surface area (Å²) in [6, 6.07) is 20.4. The van der Waals surface area contributed by atoms with E-state index in [4.69, 9.17) is 10.2 Å². The molecule has 0 radical (unpaired) electrons. The normalized spacial score (nSPS) is 12.3. The second-order valence-electron chi connectivity index (χ2n) is 8.45. The number of hydrogen-bond acceptors (Lipinski definition) is 6. The predicted octanol–water partition coefficient (Wildman–Crippen LogP) is 8.23. The van der Waals surface area contributed by atoms with Crippen LogP contribution in [0, 0.1) is 0 Å². The summed E-state index contributed by atoms with van der Waals surface area (Å²) in [6.07, 6.45) is -20.8. The van der Waals surface area contributed by atoms with Crippen LogP contribution in [0.5, 0.6) is 0 Å². The molecular formula is C26H29F12O6PW. The number of rotatable bonds is 6. The van der Waals surface area contributed by atoms with Crippen molar-refractivity contribution in [2.24, 2.45) is 0 Å². The topological polar surface area (TPSA) is 85.2 Å². The Balaban J connectivity index is 0. The Kier molecular flexibility index (Phi) is 19.7. The second-order valence-corrected chi connectivity index (χ2v) is 11.7. The van der Waals surface area contributed by atoms with Crippen molar-refractivity contribution in [3.8, 4) is 0 Å². The summed E-state index contributed by atoms with van der Waals surface area (Å²) in [6.45, 7) is -0.681. The summed E-state index contributed by atoms with van der Waals surface area (Å²) in [4.78, 5) is 0. The van der Waals surface area contributed by atoms with Crippen LogP contribution in [0.3, 0.4) is 0 Å². The molecule has 0 bridgehead atoms.